The lowest BCUT2D eigenvalue weighted by Crippen LogP contribution is -1.87. The monoisotopic (exact) mass is 341 g/mol. The highest BCUT2D eigenvalue weighted by Gasteiger charge is 2.03. The van der Waals surface area contributed by atoms with Gasteiger partial charge in [0.25, 0.3) is 0 Å². The highest BCUT2D eigenvalue weighted by Crippen LogP contribution is 2.30. The first-order valence-corrected chi connectivity index (χ1v) is 7.21. The molecule has 3 rings (SSSR count). The predicted molar refractivity (Wildman–Crippen MR) is 85.0 cm³/mol. The summed E-state index contributed by atoms with van der Waals surface area (Å²) in [5.74, 6) is 3.04. The number of hydrogen-bond acceptors (Lipinski definition) is 3. The van der Waals surface area contributed by atoms with E-state index in [9.17, 15) is 0 Å². The van der Waals surface area contributed by atoms with Crippen LogP contribution < -0.4 is 9.47 Å². The molecule has 0 aliphatic heterocycles. The Hall–Kier alpha value is -2.33. The number of aromatic nitrogens is 1. The summed E-state index contributed by atoms with van der Waals surface area (Å²) in [5.41, 5.74) is 0. The van der Waals surface area contributed by atoms with Crippen LogP contribution in [0.5, 0.6) is 23.0 Å². The van der Waals surface area contributed by atoms with Crippen LogP contribution in [0.1, 0.15) is 0 Å². The molecule has 1 aromatic heterocycles. The van der Waals surface area contributed by atoms with Crippen LogP contribution in [-0.2, 0) is 0 Å². The summed E-state index contributed by atoms with van der Waals surface area (Å²) >= 11 is 3.40. The SMILES string of the molecule is Brc1cnccc1Oc1ccc(Oc2ccccc2)cc1. The Morgan fingerprint density at radius 3 is 2.00 bits per heavy atom. The topological polar surface area (TPSA) is 31.4 Å². The molecule has 1 heterocycles. The van der Waals surface area contributed by atoms with Gasteiger partial charge in [0, 0.05) is 18.5 Å². The first-order chi connectivity index (χ1) is 10.3. The van der Waals surface area contributed by atoms with Crippen LogP contribution in [-0.4, -0.2) is 4.98 Å². The highest BCUT2D eigenvalue weighted by atomic mass is 79.9. The zero-order valence-corrected chi connectivity index (χ0v) is 12.7. The van der Waals surface area contributed by atoms with E-state index in [1.54, 1.807) is 18.5 Å². The summed E-state index contributed by atoms with van der Waals surface area (Å²) in [4.78, 5) is 4.00. The van der Waals surface area contributed by atoms with Crippen LogP contribution in [0.2, 0.25) is 0 Å². The number of pyridine rings is 1. The van der Waals surface area contributed by atoms with Gasteiger partial charge >= 0.3 is 0 Å². The van der Waals surface area contributed by atoms with Gasteiger partial charge in [0.05, 0.1) is 4.47 Å². The van der Waals surface area contributed by atoms with E-state index in [-0.39, 0.29) is 0 Å². The van der Waals surface area contributed by atoms with Crippen molar-refractivity contribution in [3.05, 3.63) is 77.5 Å². The molecule has 21 heavy (non-hydrogen) atoms. The van der Waals surface area contributed by atoms with Crippen molar-refractivity contribution in [2.45, 2.75) is 0 Å². The van der Waals surface area contributed by atoms with E-state index >= 15 is 0 Å². The van der Waals surface area contributed by atoms with Crippen LogP contribution in [0.4, 0.5) is 0 Å². The predicted octanol–water partition coefficient (Wildman–Crippen LogP) is 5.43. The molecule has 0 saturated carbocycles. The lowest BCUT2D eigenvalue weighted by atomic mass is 10.3. The smallest absolute Gasteiger partial charge is 0.144 e. The molecule has 0 atom stereocenters. The Morgan fingerprint density at radius 1 is 0.714 bits per heavy atom. The van der Waals surface area contributed by atoms with E-state index < -0.39 is 0 Å². The normalized spacial score (nSPS) is 10.1. The summed E-state index contributed by atoms with van der Waals surface area (Å²) in [6, 6.07) is 18.9. The minimum atomic E-state index is 0.724. The van der Waals surface area contributed by atoms with Crippen molar-refractivity contribution >= 4 is 15.9 Å². The third kappa shape index (κ3) is 3.61. The van der Waals surface area contributed by atoms with Crippen molar-refractivity contribution in [3.8, 4) is 23.0 Å². The van der Waals surface area contributed by atoms with E-state index in [0.29, 0.717) is 0 Å². The van der Waals surface area contributed by atoms with Crippen molar-refractivity contribution in [1.29, 1.82) is 0 Å². The molecule has 0 N–H and O–H groups in total. The molecular formula is C17H12BrNO2. The van der Waals surface area contributed by atoms with Gasteiger partial charge in [0.2, 0.25) is 0 Å². The summed E-state index contributed by atoms with van der Waals surface area (Å²) in [5, 5.41) is 0. The maximum Gasteiger partial charge on any atom is 0.144 e. The van der Waals surface area contributed by atoms with Crippen molar-refractivity contribution in [2.75, 3.05) is 0 Å². The van der Waals surface area contributed by atoms with Crippen LogP contribution in [0.3, 0.4) is 0 Å². The standard InChI is InChI=1S/C17H12BrNO2/c18-16-12-19-11-10-17(16)21-15-8-6-14(7-9-15)20-13-4-2-1-3-5-13/h1-12H. The zero-order valence-electron chi connectivity index (χ0n) is 11.1. The molecule has 3 nitrogen and oxygen atoms in total. The van der Waals surface area contributed by atoms with Crippen LogP contribution in [0, 0.1) is 0 Å². The van der Waals surface area contributed by atoms with Crippen molar-refractivity contribution in [1.82, 2.24) is 4.98 Å². The van der Waals surface area contributed by atoms with Gasteiger partial charge < -0.3 is 9.47 Å². The highest BCUT2D eigenvalue weighted by molar-refractivity contribution is 9.10. The Balaban J connectivity index is 1.71. The number of para-hydroxylation sites is 1. The molecule has 0 fully saturated rings. The van der Waals surface area contributed by atoms with Gasteiger partial charge in [-0.2, -0.15) is 0 Å². The molecule has 104 valence electrons. The minimum absolute atomic E-state index is 0.724. The van der Waals surface area contributed by atoms with Gasteiger partial charge in [0.15, 0.2) is 0 Å². The van der Waals surface area contributed by atoms with Crippen LogP contribution in [0.25, 0.3) is 0 Å². The first-order valence-electron chi connectivity index (χ1n) is 6.41. The van der Waals surface area contributed by atoms with Gasteiger partial charge in [-0.15, -0.1) is 0 Å². The summed E-state index contributed by atoms with van der Waals surface area (Å²) in [6.45, 7) is 0. The summed E-state index contributed by atoms with van der Waals surface area (Å²) < 4.78 is 12.3. The van der Waals surface area contributed by atoms with Crippen LogP contribution in [0.15, 0.2) is 77.5 Å². The Bertz CT molecular complexity index is 714. The maximum absolute atomic E-state index is 5.77. The van der Waals surface area contributed by atoms with Crippen molar-refractivity contribution in [2.24, 2.45) is 0 Å². The molecule has 0 aliphatic rings. The molecule has 0 unspecified atom stereocenters. The van der Waals surface area contributed by atoms with E-state index in [1.807, 2.05) is 54.6 Å². The number of nitrogens with zero attached hydrogens (tertiary/aromatic N) is 1. The molecule has 0 spiro atoms. The van der Waals surface area contributed by atoms with Gasteiger partial charge in [0.1, 0.15) is 23.0 Å². The number of halogens is 1. The van der Waals surface area contributed by atoms with Crippen molar-refractivity contribution in [3.63, 3.8) is 0 Å². The average Bonchev–Trinajstić information content (AvgIpc) is 2.52. The third-order valence-electron chi connectivity index (χ3n) is 2.77. The maximum atomic E-state index is 5.77. The van der Waals surface area contributed by atoms with Crippen LogP contribution >= 0.6 is 15.9 Å². The fraction of sp³-hybridized carbons (Fsp3) is 0. The van der Waals surface area contributed by atoms with E-state index in [0.717, 1.165) is 27.5 Å². The molecule has 2 aromatic carbocycles. The Kier molecular flexibility index (Phi) is 4.17. The molecule has 4 heteroatoms. The second-order valence-corrected chi connectivity index (χ2v) is 5.15. The zero-order chi connectivity index (χ0) is 14.5. The van der Waals surface area contributed by atoms with E-state index in [2.05, 4.69) is 20.9 Å². The van der Waals surface area contributed by atoms with Gasteiger partial charge in [-0.25, -0.2) is 0 Å². The second-order valence-electron chi connectivity index (χ2n) is 4.29. The molecule has 0 saturated heterocycles. The first kappa shape index (κ1) is 13.6. The molecule has 0 radical (unpaired) electrons. The Morgan fingerprint density at radius 2 is 1.33 bits per heavy atom. The van der Waals surface area contributed by atoms with Gasteiger partial charge in [-0.3, -0.25) is 4.98 Å². The average molecular weight is 342 g/mol. The van der Waals surface area contributed by atoms with Crippen molar-refractivity contribution < 1.29 is 9.47 Å². The quantitative estimate of drug-likeness (QED) is 0.634. The largest absolute Gasteiger partial charge is 0.457 e. The van der Waals surface area contributed by atoms with Gasteiger partial charge in [-0.1, -0.05) is 18.2 Å². The number of benzene rings is 2. The fourth-order valence-corrected chi connectivity index (χ4v) is 2.10. The minimum Gasteiger partial charge on any atom is -0.457 e. The molecule has 0 bridgehead atoms. The summed E-state index contributed by atoms with van der Waals surface area (Å²) in [7, 11) is 0. The number of rotatable bonds is 4. The third-order valence-corrected chi connectivity index (χ3v) is 3.36. The molecule has 0 amide bonds. The van der Waals surface area contributed by atoms with E-state index in [1.165, 1.54) is 0 Å². The second kappa shape index (κ2) is 6.41. The number of ether oxygens (including phenoxy) is 2. The molecular weight excluding hydrogens is 330 g/mol. The Labute approximate surface area is 131 Å². The molecule has 3 aromatic rings. The fourth-order valence-electron chi connectivity index (χ4n) is 1.77. The van der Waals surface area contributed by atoms with E-state index in [4.69, 9.17) is 9.47 Å². The molecule has 0 aliphatic carbocycles. The van der Waals surface area contributed by atoms with Gasteiger partial charge in [-0.05, 0) is 52.3 Å². The summed E-state index contributed by atoms with van der Waals surface area (Å²) in [6.07, 6.45) is 3.38. The number of hydrogen-bond donors (Lipinski definition) is 0. The lowest BCUT2D eigenvalue weighted by molar-refractivity contribution is 0.467. The lowest BCUT2D eigenvalue weighted by Gasteiger charge is -2.09.